The van der Waals surface area contributed by atoms with Crippen LogP contribution in [0, 0.1) is 0 Å². The molecule has 0 saturated heterocycles. The van der Waals surface area contributed by atoms with Crippen LogP contribution in [-0.4, -0.2) is 24.0 Å². The van der Waals surface area contributed by atoms with Gasteiger partial charge in [0.25, 0.3) is 0 Å². The number of benzene rings is 1. The van der Waals surface area contributed by atoms with Crippen LogP contribution in [0.25, 0.3) is 11.1 Å². The summed E-state index contributed by atoms with van der Waals surface area (Å²) >= 11 is 0. The Bertz CT molecular complexity index is 574. The third-order valence-electron chi connectivity index (χ3n) is 2.89. The first-order valence-corrected chi connectivity index (χ1v) is 6.13. The lowest BCUT2D eigenvalue weighted by Crippen LogP contribution is -2.10. The zero-order chi connectivity index (χ0) is 14.8. The molecule has 106 valence electrons. The van der Waals surface area contributed by atoms with Crippen LogP contribution >= 0.6 is 0 Å². The summed E-state index contributed by atoms with van der Waals surface area (Å²) in [5, 5.41) is 0. The number of halogens is 3. The fourth-order valence-corrected chi connectivity index (χ4v) is 2.03. The van der Waals surface area contributed by atoms with Crippen molar-refractivity contribution in [3.05, 3.63) is 53.9 Å². The van der Waals surface area contributed by atoms with E-state index in [1.165, 1.54) is 6.20 Å². The van der Waals surface area contributed by atoms with E-state index in [-0.39, 0.29) is 5.56 Å². The molecule has 1 heterocycles. The highest BCUT2D eigenvalue weighted by molar-refractivity contribution is 5.67. The van der Waals surface area contributed by atoms with Gasteiger partial charge in [0, 0.05) is 24.5 Å². The standard InChI is InChI=1S/C15H15F3N2/c1-20(2)10-11-3-5-12(6-4-11)13-9-19-8-7-14(13)15(16,17)18/h3-9H,10H2,1-2H3. The first-order valence-electron chi connectivity index (χ1n) is 6.13. The molecule has 0 bridgehead atoms. The molecule has 1 aromatic heterocycles. The lowest BCUT2D eigenvalue weighted by atomic mass is 10.0. The summed E-state index contributed by atoms with van der Waals surface area (Å²) in [6.07, 6.45) is -1.96. The van der Waals surface area contributed by atoms with Gasteiger partial charge in [-0.25, -0.2) is 0 Å². The molecule has 1 aromatic carbocycles. The molecule has 0 aliphatic carbocycles. The Hall–Kier alpha value is -1.88. The van der Waals surface area contributed by atoms with Gasteiger partial charge in [0.2, 0.25) is 0 Å². The predicted molar refractivity (Wildman–Crippen MR) is 72.1 cm³/mol. The largest absolute Gasteiger partial charge is 0.417 e. The van der Waals surface area contributed by atoms with Crippen LogP contribution < -0.4 is 0 Å². The molecule has 2 nitrogen and oxygen atoms in total. The Kier molecular flexibility index (Phi) is 4.09. The number of nitrogens with zero attached hydrogens (tertiary/aromatic N) is 2. The van der Waals surface area contributed by atoms with Gasteiger partial charge in [-0.15, -0.1) is 0 Å². The summed E-state index contributed by atoms with van der Waals surface area (Å²) in [5.74, 6) is 0. The predicted octanol–water partition coefficient (Wildman–Crippen LogP) is 3.83. The highest BCUT2D eigenvalue weighted by Gasteiger charge is 2.33. The van der Waals surface area contributed by atoms with Crippen LogP contribution in [0.4, 0.5) is 13.2 Å². The quantitative estimate of drug-likeness (QED) is 0.849. The number of rotatable bonds is 3. The minimum absolute atomic E-state index is 0.108. The second-order valence-corrected chi connectivity index (χ2v) is 4.85. The lowest BCUT2D eigenvalue weighted by Gasteiger charge is -2.13. The second kappa shape index (κ2) is 5.63. The molecular formula is C15H15F3N2. The Morgan fingerprint density at radius 1 is 1.05 bits per heavy atom. The van der Waals surface area contributed by atoms with Crippen molar-refractivity contribution in [2.75, 3.05) is 14.1 Å². The molecule has 0 radical (unpaired) electrons. The summed E-state index contributed by atoms with van der Waals surface area (Å²) < 4.78 is 38.9. The third kappa shape index (κ3) is 3.36. The molecule has 0 spiro atoms. The van der Waals surface area contributed by atoms with Gasteiger partial charge in [-0.1, -0.05) is 24.3 Å². The molecule has 20 heavy (non-hydrogen) atoms. The molecule has 0 aliphatic rings. The zero-order valence-electron chi connectivity index (χ0n) is 11.3. The van der Waals surface area contributed by atoms with Crippen molar-refractivity contribution in [1.82, 2.24) is 9.88 Å². The maximum absolute atomic E-state index is 13.0. The van der Waals surface area contributed by atoms with Crippen LogP contribution in [0.15, 0.2) is 42.7 Å². The first kappa shape index (κ1) is 14.5. The molecule has 0 aliphatic heterocycles. The summed E-state index contributed by atoms with van der Waals surface area (Å²) in [6, 6.07) is 8.07. The van der Waals surface area contributed by atoms with Gasteiger partial charge < -0.3 is 4.90 Å². The van der Waals surface area contributed by atoms with E-state index in [0.717, 1.165) is 24.4 Å². The van der Waals surface area contributed by atoms with Gasteiger partial charge in [-0.3, -0.25) is 4.98 Å². The summed E-state index contributed by atoms with van der Waals surface area (Å²) in [4.78, 5) is 5.80. The van der Waals surface area contributed by atoms with Crippen LogP contribution in [0.5, 0.6) is 0 Å². The fraction of sp³-hybridized carbons (Fsp3) is 0.267. The number of hydrogen-bond acceptors (Lipinski definition) is 2. The Morgan fingerprint density at radius 3 is 2.25 bits per heavy atom. The topological polar surface area (TPSA) is 16.1 Å². The van der Waals surface area contributed by atoms with Gasteiger partial charge in [0.1, 0.15) is 0 Å². The van der Waals surface area contributed by atoms with E-state index in [2.05, 4.69) is 4.98 Å². The van der Waals surface area contributed by atoms with Crippen molar-refractivity contribution in [3.63, 3.8) is 0 Å². The molecule has 0 saturated carbocycles. The van der Waals surface area contributed by atoms with E-state index in [1.807, 2.05) is 31.1 Å². The molecule has 2 aromatic rings. The Morgan fingerprint density at radius 2 is 1.70 bits per heavy atom. The summed E-state index contributed by atoms with van der Waals surface area (Å²) in [5.41, 5.74) is 1.02. The van der Waals surface area contributed by atoms with Crippen LogP contribution in [0.1, 0.15) is 11.1 Å². The van der Waals surface area contributed by atoms with E-state index >= 15 is 0 Å². The van der Waals surface area contributed by atoms with Gasteiger partial charge in [-0.2, -0.15) is 13.2 Å². The fourth-order valence-electron chi connectivity index (χ4n) is 2.03. The third-order valence-corrected chi connectivity index (χ3v) is 2.89. The minimum atomic E-state index is -4.37. The molecule has 0 atom stereocenters. The maximum Gasteiger partial charge on any atom is 0.417 e. The van der Waals surface area contributed by atoms with Gasteiger partial charge in [-0.05, 0) is 31.3 Å². The summed E-state index contributed by atoms with van der Waals surface area (Å²) in [7, 11) is 3.88. The number of alkyl halides is 3. The Labute approximate surface area is 115 Å². The molecule has 5 heteroatoms. The molecule has 0 unspecified atom stereocenters. The molecule has 0 fully saturated rings. The van der Waals surface area contributed by atoms with Crippen molar-refractivity contribution in [1.29, 1.82) is 0 Å². The molecule has 2 rings (SSSR count). The van der Waals surface area contributed by atoms with E-state index in [4.69, 9.17) is 0 Å². The van der Waals surface area contributed by atoms with Crippen LogP contribution in [0.3, 0.4) is 0 Å². The molecule has 0 amide bonds. The van der Waals surface area contributed by atoms with E-state index in [9.17, 15) is 13.2 Å². The van der Waals surface area contributed by atoms with Crippen LogP contribution in [0.2, 0.25) is 0 Å². The van der Waals surface area contributed by atoms with Gasteiger partial charge in [0.15, 0.2) is 0 Å². The second-order valence-electron chi connectivity index (χ2n) is 4.85. The number of hydrogen-bond donors (Lipinski definition) is 0. The van der Waals surface area contributed by atoms with E-state index < -0.39 is 11.7 Å². The average Bonchev–Trinajstić information content (AvgIpc) is 2.38. The number of aromatic nitrogens is 1. The Balaban J connectivity index is 2.37. The number of pyridine rings is 1. The highest BCUT2D eigenvalue weighted by atomic mass is 19.4. The van der Waals surface area contributed by atoms with Crippen molar-refractivity contribution >= 4 is 0 Å². The first-order chi connectivity index (χ1) is 9.38. The van der Waals surface area contributed by atoms with Crippen molar-refractivity contribution in [2.45, 2.75) is 12.7 Å². The summed E-state index contributed by atoms with van der Waals surface area (Å²) in [6.45, 7) is 0.749. The van der Waals surface area contributed by atoms with E-state index in [0.29, 0.717) is 5.56 Å². The minimum Gasteiger partial charge on any atom is -0.305 e. The zero-order valence-corrected chi connectivity index (χ0v) is 11.3. The SMILES string of the molecule is CN(C)Cc1ccc(-c2cnccc2C(F)(F)F)cc1. The normalized spacial score (nSPS) is 11.9. The van der Waals surface area contributed by atoms with Crippen molar-refractivity contribution in [2.24, 2.45) is 0 Å². The van der Waals surface area contributed by atoms with Gasteiger partial charge >= 0.3 is 6.18 Å². The molecular weight excluding hydrogens is 265 g/mol. The molecule has 0 N–H and O–H groups in total. The van der Waals surface area contributed by atoms with E-state index in [1.54, 1.807) is 12.1 Å². The lowest BCUT2D eigenvalue weighted by molar-refractivity contribution is -0.137. The average molecular weight is 280 g/mol. The van der Waals surface area contributed by atoms with Crippen molar-refractivity contribution < 1.29 is 13.2 Å². The maximum atomic E-state index is 13.0. The van der Waals surface area contributed by atoms with Gasteiger partial charge in [0.05, 0.1) is 5.56 Å². The monoisotopic (exact) mass is 280 g/mol. The van der Waals surface area contributed by atoms with Crippen molar-refractivity contribution in [3.8, 4) is 11.1 Å². The van der Waals surface area contributed by atoms with Crippen LogP contribution in [-0.2, 0) is 12.7 Å². The smallest absolute Gasteiger partial charge is 0.305 e. The highest BCUT2D eigenvalue weighted by Crippen LogP contribution is 2.36.